The Bertz CT molecular complexity index is 106. The molecule has 2 N–H and O–H groups in total. The standard InChI is InChI=1S/C8H15O2/c1-3-4-5-6-8(2,10)7-9/h4-5,9-10H,1,3,6-7H2,2H3/b5-4+. The molecule has 0 aliphatic carbocycles. The summed E-state index contributed by atoms with van der Waals surface area (Å²) < 4.78 is 0. The number of hydrogen-bond donors (Lipinski definition) is 2. The molecule has 1 atom stereocenters. The molecule has 0 amide bonds. The zero-order chi connectivity index (χ0) is 8.04. The Hall–Kier alpha value is -0.340. The van der Waals surface area contributed by atoms with E-state index in [0.29, 0.717) is 6.42 Å². The lowest BCUT2D eigenvalue weighted by atomic mass is 10.0. The van der Waals surface area contributed by atoms with Crippen molar-refractivity contribution in [2.45, 2.75) is 25.4 Å². The van der Waals surface area contributed by atoms with Gasteiger partial charge in [-0.15, -0.1) is 0 Å². The number of rotatable bonds is 4. The van der Waals surface area contributed by atoms with Crippen LogP contribution in [0.25, 0.3) is 0 Å². The van der Waals surface area contributed by atoms with Crippen LogP contribution in [0, 0.1) is 6.92 Å². The minimum absolute atomic E-state index is 0.200. The monoisotopic (exact) mass is 143 g/mol. The van der Waals surface area contributed by atoms with Crippen LogP contribution in [0.3, 0.4) is 0 Å². The van der Waals surface area contributed by atoms with Crippen molar-refractivity contribution in [2.24, 2.45) is 0 Å². The molecule has 0 aromatic rings. The molecule has 0 aliphatic heterocycles. The zero-order valence-electron chi connectivity index (χ0n) is 6.38. The summed E-state index contributed by atoms with van der Waals surface area (Å²) in [6.45, 7) is 5.00. The fraction of sp³-hybridized carbons (Fsp3) is 0.625. The normalized spacial score (nSPS) is 17.6. The molecular formula is C8H15O2. The second kappa shape index (κ2) is 4.47. The Morgan fingerprint density at radius 1 is 1.50 bits per heavy atom. The van der Waals surface area contributed by atoms with Crippen LogP contribution in [0.2, 0.25) is 0 Å². The molecule has 2 nitrogen and oxygen atoms in total. The number of aliphatic hydroxyl groups is 2. The van der Waals surface area contributed by atoms with Crippen LogP contribution in [0.1, 0.15) is 19.8 Å². The maximum Gasteiger partial charge on any atom is 0.0883 e. The van der Waals surface area contributed by atoms with Gasteiger partial charge in [-0.2, -0.15) is 0 Å². The molecule has 2 heteroatoms. The van der Waals surface area contributed by atoms with E-state index >= 15 is 0 Å². The van der Waals surface area contributed by atoms with Gasteiger partial charge in [0.05, 0.1) is 12.2 Å². The van der Waals surface area contributed by atoms with Crippen molar-refractivity contribution in [3.8, 4) is 0 Å². The molecule has 0 rings (SSSR count). The second-order valence-corrected chi connectivity index (χ2v) is 2.62. The summed E-state index contributed by atoms with van der Waals surface area (Å²) in [4.78, 5) is 0. The van der Waals surface area contributed by atoms with Gasteiger partial charge in [-0.25, -0.2) is 0 Å². The van der Waals surface area contributed by atoms with Gasteiger partial charge in [0.2, 0.25) is 0 Å². The Labute approximate surface area is 62.2 Å². The molecular weight excluding hydrogens is 128 g/mol. The SMILES string of the molecule is [CH2]C/C=C/CC(C)(O)CO. The van der Waals surface area contributed by atoms with Gasteiger partial charge in [0.15, 0.2) is 0 Å². The molecule has 10 heavy (non-hydrogen) atoms. The number of aliphatic hydroxyl groups excluding tert-OH is 1. The summed E-state index contributed by atoms with van der Waals surface area (Å²) in [5, 5.41) is 17.8. The summed E-state index contributed by atoms with van der Waals surface area (Å²) in [5.41, 5.74) is -0.967. The molecule has 0 heterocycles. The van der Waals surface area contributed by atoms with Gasteiger partial charge in [0.25, 0.3) is 0 Å². The highest BCUT2D eigenvalue weighted by molar-refractivity contribution is 4.89. The van der Waals surface area contributed by atoms with Crippen molar-refractivity contribution in [3.05, 3.63) is 19.1 Å². The average Bonchev–Trinajstić information content (AvgIpc) is 1.89. The van der Waals surface area contributed by atoms with Crippen LogP contribution >= 0.6 is 0 Å². The van der Waals surface area contributed by atoms with Crippen LogP contribution < -0.4 is 0 Å². The van der Waals surface area contributed by atoms with Crippen molar-refractivity contribution in [1.82, 2.24) is 0 Å². The third-order valence-electron chi connectivity index (χ3n) is 1.23. The fourth-order valence-corrected chi connectivity index (χ4v) is 0.520. The molecule has 1 radical (unpaired) electrons. The highest BCUT2D eigenvalue weighted by Crippen LogP contribution is 2.08. The van der Waals surface area contributed by atoms with Crippen molar-refractivity contribution in [1.29, 1.82) is 0 Å². The predicted molar refractivity (Wildman–Crippen MR) is 41.4 cm³/mol. The van der Waals surface area contributed by atoms with Crippen LogP contribution in [0.5, 0.6) is 0 Å². The first-order valence-corrected chi connectivity index (χ1v) is 3.40. The molecule has 0 aliphatic rings. The molecule has 0 bridgehead atoms. The van der Waals surface area contributed by atoms with Gasteiger partial charge < -0.3 is 10.2 Å². The molecule has 0 saturated carbocycles. The van der Waals surface area contributed by atoms with E-state index in [2.05, 4.69) is 6.92 Å². The summed E-state index contributed by atoms with van der Waals surface area (Å²) in [6, 6.07) is 0. The van der Waals surface area contributed by atoms with Gasteiger partial charge in [0, 0.05) is 0 Å². The quantitative estimate of drug-likeness (QED) is 0.574. The average molecular weight is 143 g/mol. The Morgan fingerprint density at radius 3 is 2.50 bits per heavy atom. The number of allylic oxidation sites excluding steroid dienone is 1. The molecule has 59 valence electrons. The van der Waals surface area contributed by atoms with Gasteiger partial charge in [-0.1, -0.05) is 12.2 Å². The molecule has 0 fully saturated rings. The van der Waals surface area contributed by atoms with Crippen LogP contribution in [-0.4, -0.2) is 22.4 Å². The summed E-state index contributed by atoms with van der Waals surface area (Å²) in [7, 11) is 0. The topological polar surface area (TPSA) is 40.5 Å². The first-order valence-electron chi connectivity index (χ1n) is 3.40. The van der Waals surface area contributed by atoms with Crippen molar-refractivity contribution in [3.63, 3.8) is 0 Å². The lowest BCUT2D eigenvalue weighted by Crippen LogP contribution is -2.27. The first kappa shape index (κ1) is 9.66. The molecule has 1 unspecified atom stereocenters. The zero-order valence-corrected chi connectivity index (χ0v) is 6.38. The minimum atomic E-state index is -0.967. The summed E-state index contributed by atoms with van der Waals surface area (Å²) in [5.74, 6) is 0. The summed E-state index contributed by atoms with van der Waals surface area (Å²) in [6.07, 6.45) is 4.90. The lowest BCUT2D eigenvalue weighted by Gasteiger charge is -2.17. The van der Waals surface area contributed by atoms with Crippen LogP contribution in [0.4, 0.5) is 0 Å². The lowest BCUT2D eigenvalue weighted by molar-refractivity contribution is 0.00449. The maximum absolute atomic E-state index is 9.23. The smallest absolute Gasteiger partial charge is 0.0883 e. The van der Waals surface area contributed by atoms with Crippen LogP contribution in [-0.2, 0) is 0 Å². The Morgan fingerprint density at radius 2 is 2.10 bits per heavy atom. The van der Waals surface area contributed by atoms with Gasteiger partial charge in [-0.05, 0) is 26.7 Å². The van der Waals surface area contributed by atoms with Gasteiger partial charge >= 0.3 is 0 Å². The van der Waals surface area contributed by atoms with Gasteiger partial charge in [0.1, 0.15) is 0 Å². The third kappa shape index (κ3) is 4.53. The molecule has 0 spiro atoms. The molecule has 0 saturated heterocycles. The maximum atomic E-state index is 9.23. The van der Waals surface area contributed by atoms with E-state index in [1.54, 1.807) is 6.92 Å². The van der Waals surface area contributed by atoms with E-state index in [4.69, 9.17) is 5.11 Å². The second-order valence-electron chi connectivity index (χ2n) is 2.62. The highest BCUT2D eigenvalue weighted by atomic mass is 16.3. The highest BCUT2D eigenvalue weighted by Gasteiger charge is 2.15. The Kier molecular flexibility index (Phi) is 4.32. The fourth-order valence-electron chi connectivity index (χ4n) is 0.520. The third-order valence-corrected chi connectivity index (χ3v) is 1.23. The molecule has 0 aromatic carbocycles. The van der Waals surface area contributed by atoms with Crippen molar-refractivity contribution in [2.75, 3.05) is 6.61 Å². The minimum Gasteiger partial charge on any atom is -0.393 e. The van der Waals surface area contributed by atoms with E-state index < -0.39 is 5.60 Å². The van der Waals surface area contributed by atoms with Gasteiger partial charge in [-0.3, -0.25) is 0 Å². The summed E-state index contributed by atoms with van der Waals surface area (Å²) >= 11 is 0. The van der Waals surface area contributed by atoms with Crippen LogP contribution in [0.15, 0.2) is 12.2 Å². The van der Waals surface area contributed by atoms with Crippen molar-refractivity contribution >= 4 is 0 Å². The first-order chi connectivity index (χ1) is 4.62. The van der Waals surface area contributed by atoms with Crippen molar-refractivity contribution < 1.29 is 10.2 Å². The van der Waals surface area contributed by atoms with E-state index in [1.807, 2.05) is 12.2 Å². The van der Waals surface area contributed by atoms with E-state index in [9.17, 15) is 5.11 Å². The van der Waals surface area contributed by atoms with E-state index in [-0.39, 0.29) is 6.61 Å². The predicted octanol–water partition coefficient (Wildman–Crippen LogP) is 0.900. The Balaban J connectivity index is 3.56. The number of hydrogen-bond acceptors (Lipinski definition) is 2. The van der Waals surface area contributed by atoms with E-state index in [1.165, 1.54) is 0 Å². The largest absolute Gasteiger partial charge is 0.393 e. The van der Waals surface area contributed by atoms with E-state index in [0.717, 1.165) is 6.42 Å². The molecule has 0 aromatic heterocycles.